The number of carbonyl (C=O) groups is 2. The number of nitrogens with one attached hydrogen (secondary N) is 2. The molecule has 142 valence electrons. The molecule has 0 aliphatic carbocycles. The van der Waals surface area contributed by atoms with Gasteiger partial charge in [0.05, 0.1) is 5.92 Å². The van der Waals surface area contributed by atoms with Gasteiger partial charge in [0.1, 0.15) is 18.2 Å². The second-order valence-corrected chi connectivity index (χ2v) is 6.70. The third-order valence-corrected chi connectivity index (χ3v) is 4.30. The van der Waals surface area contributed by atoms with Crippen molar-refractivity contribution < 1.29 is 18.7 Å². The van der Waals surface area contributed by atoms with Gasteiger partial charge in [-0.15, -0.1) is 0 Å². The number of anilines is 2. The number of ether oxygens (including phenoxy) is 1. The van der Waals surface area contributed by atoms with Crippen molar-refractivity contribution in [2.24, 2.45) is 0 Å². The summed E-state index contributed by atoms with van der Waals surface area (Å²) in [4.78, 5) is 26.6. The minimum atomic E-state index is -0.662. The van der Waals surface area contributed by atoms with Gasteiger partial charge < -0.3 is 20.3 Å². The Morgan fingerprint density at radius 1 is 1.26 bits per heavy atom. The lowest BCUT2D eigenvalue weighted by Gasteiger charge is -2.25. The largest absolute Gasteiger partial charge is 0.492 e. The molecule has 0 radical (unpaired) electrons. The van der Waals surface area contributed by atoms with Crippen LogP contribution >= 0.6 is 0 Å². The average molecular weight is 371 g/mol. The number of hydrogen-bond acceptors (Lipinski definition) is 4. The zero-order valence-electron chi connectivity index (χ0n) is 15.3. The van der Waals surface area contributed by atoms with Crippen LogP contribution < -0.4 is 15.4 Å². The molecule has 2 aromatic carbocycles. The van der Waals surface area contributed by atoms with Crippen LogP contribution in [-0.2, 0) is 9.59 Å². The quantitative estimate of drug-likeness (QED) is 0.819. The summed E-state index contributed by atoms with van der Waals surface area (Å²) in [6.45, 7) is 1.38. The number of nitrogens with zero attached hydrogens (tertiary/aromatic N) is 1. The third-order valence-electron chi connectivity index (χ3n) is 4.30. The molecular weight excluding hydrogens is 349 g/mol. The van der Waals surface area contributed by atoms with E-state index in [1.807, 2.05) is 19.0 Å². The van der Waals surface area contributed by atoms with E-state index < -0.39 is 11.7 Å². The molecule has 1 heterocycles. The predicted molar refractivity (Wildman–Crippen MR) is 102 cm³/mol. The summed E-state index contributed by atoms with van der Waals surface area (Å²) in [5.41, 5.74) is 1.56. The van der Waals surface area contributed by atoms with Gasteiger partial charge in [-0.1, -0.05) is 6.07 Å². The van der Waals surface area contributed by atoms with Gasteiger partial charge in [0.2, 0.25) is 11.8 Å². The van der Waals surface area contributed by atoms with E-state index in [2.05, 4.69) is 10.6 Å². The Hall–Kier alpha value is -2.93. The van der Waals surface area contributed by atoms with Crippen LogP contribution in [-0.4, -0.2) is 44.0 Å². The first kappa shape index (κ1) is 18.8. The second-order valence-electron chi connectivity index (χ2n) is 6.70. The lowest BCUT2D eigenvalue weighted by atomic mass is 9.89. The molecule has 1 aliphatic heterocycles. The molecule has 2 aromatic rings. The fourth-order valence-electron chi connectivity index (χ4n) is 2.88. The number of benzene rings is 2. The number of amides is 2. The number of carbonyl (C=O) groups excluding carboxylic acids is 2. The van der Waals surface area contributed by atoms with E-state index >= 15 is 0 Å². The Morgan fingerprint density at radius 2 is 2.00 bits per heavy atom. The van der Waals surface area contributed by atoms with Crippen molar-refractivity contribution in [3.63, 3.8) is 0 Å². The molecular formula is C20H22FN3O3. The number of hydrogen-bond donors (Lipinski definition) is 2. The van der Waals surface area contributed by atoms with Crippen LogP contribution in [0, 0.1) is 5.82 Å². The van der Waals surface area contributed by atoms with Crippen LogP contribution in [0.15, 0.2) is 42.5 Å². The minimum absolute atomic E-state index is 0.0240. The van der Waals surface area contributed by atoms with E-state index in [0.717, 1.165) is 6.54 Å². The molecule has 3 rings (SSSR count). The molecule has 2 amide bonds. The number of fused-ring (bicyclic) bond motifs is 1. The molecule has 1 unspecified atom stereocenters. The lowest BCUT2D eigenvalue weighted by molar-refractivity contribution is -0.123. The van der Waals surface area contributed by atoms with Crippen molar-refractivity contribution >= 4 is 23.2 Å². The molecule has 7 heteroatoms. The summed E-state index contributed by atoms with van der Waals surface area (Å²) >= 11 is 0. The van der Waals surface area contributed by atoms with Crippen LogP contribution in [0.1, 0.15) is 17.9 Å². The highest BCUT2D eigenvalue weighted by Gasteiger charge is 2.31. The van der Waals surface area contributed by atoms with Gasteiger partial charge in [-0.3, -0.25) is 9.59 Å². The summed E-state index contributed by atoms with van der Waals surface area (Å²) in [7, 11) is 3.94. The Kier molecular flexibility index (Phi) is 5.71. The first-order chi connectivity index (χ1) is 12.9. The smallest absolute Gasteiger partial charge is 0.232 e. The van der Waals surface area contributed by atoms with Crippen molar-refractivity contribution in [3.8, 4) is 5.75 Å². The van der Waals surface area contributed by atoms with Gasteiger partial charge in [-0.2, -0.15) is 0 Å². The monoisotopic (exact) mass is 371 g/mol. The molecule has 1 atom stereocenters. The Labute approximate surface area is 157 Å². The summed E-state index contributed by atoms with van der Waals surface area (Å²) in [6, 6.07) is 11.1. The van der Waals surface area contributed by atoms with E-state index in [1.165, 1.54) is 18.2 Å². The van der Waals surface area contributed by atoms with Crippen LogP contribution in [0.3, 0.4) is 0 Å². The maximum Gasteiger partial charge on any atom is 0.232 e. The molecule has 1 aliphatic rings. The van der Waals surface area contributed by atoms with E-state index in [4.69, 9.17) is 4.74 Å². The topological polar surface area (TPSA) is 70.7 Å². The molecule has 0 bridgehead atoms. The molecule has 0 saturated heterocycles. The highest BCUT2D eigenvalue weighted by atomic mass is 19.1. The summed E-state index contributed by atoms with van der Waals surface area (Å²) in [5.74, 6) is -1.02. The highest BCUT2D eigenvalue weighted by molar-refractivity contribution is 6.05. The molecule has 0 fully saturated rings. The summed E-state index contributed by atoms with van der Waals surface area (Å²) in [5, 5.41) is 5.42. The van der Waals surface area contributed by atoms with Gasteiger partial charge in [-0.25, -0.2) is 4.39 Å². The Morgan fingerprint density at radius 3 is 2.70 bits per heavy atom. The maximum absolute atomic E-state index is 13.4. The van der Waals surface area contributed by atoms with Crippen molar-refractivity contribution in [3.05, 3.63) is 53.8 Å². The van der Waals surface area contributed by atoms with Crippen molar-refractivity contribution in [2.75, 3.05) is 37.9 Å². The normalized spacial score (nSPS) is 15.9. The van der Waals surface area contributed by atoms with Gasteiger partial charge >= 0.3 is 0 Å². The second kappa shape index (κ2) is 8.18. The highest BCUT2D eigenvalue weighted by Crippen LogP contribution is 2.33. The maximum atomic E-state index is 13.4. The van der Waals surface area contributed by atoms with Gasteiger partial charge in [-0.05, 0) is 56.1 Å². The molecule has 27 heavy (non-hydrogen) atoms. The SMILES string of the molecule is CN(C)CCOc1ccc(NC(=O)C2CC(=O)Nc3cc(F)ccc32)cc1. The Balaban J connectivity index is 1.66. The van der Waals surface area contributed by atoms with Crippen LogP contribution in [0.5, 0.6) is 5.75 Å². The fourth-order valence-corrected chi connectivity index (χ4v) is 2.88. The van der Waals surface area contributed by atoms with Gasteiger partial charge in [0, 0.05) is 24.3 Å². The first-order valence-electron chi connectivity index (χ1n) is 8.70. The minimum Gasteiger partial charge on any atom is -0.492 e. The van der Waals surface area contributed by atoms with Crippen molar-refractivity contribution in [2.45, 2.75) is 12.3 Å². The van der Waals surface area contributed by atoms with E-state index in [1.54, 1.807) is 24.3 Å². The number of rotatable bonds is 6. The van der Waals surface area contributed by atoms with E-state index in [-0.39, 0.29) is 18.2 Å². The van der Waals surface area contributed by atoms with Gasteiger partial charge in [0.25, 0.3) is 0 Å². The molecule has 0 saturated carbocycles. The molecule has 0 spiro atoms. The standard InChI is InChI=1S/C20H22FN3O3/c1-24(2)9-10-27-15-6-4-14(5-7-15)22-20(26)17-12-19(25)23-18-11-13(21)3-8-16(17)18/h3-8,11,17H,9-10,12H2,1-2H3,(H,22,26)(H,23,25). The van der Waals surface area contributed by atoms with Crippen LogP contribution in [0.2, 0.25) is 0 Å². The van der Waals surface area contributed by atoms with Crippen molar-refractivity contribution in [1.29, 1.82) is 0 Å². The summed E-state index contributed by atoms with van der Waals surface area (Å²) in [6.07, 6.45) is 0.0240. The Bertz CT molecular complexity index is 837. The molecule has 2 N–H and O–H groups in total. The molecule has 0 aromatic heterocycles. The number of halogens is 1. The number of likely N-dealkylation sites (N-methyl/N-ethyl adjacent to an activating group) is 1. The predicted octanol–water partition coefficient (Wildman–Crippen LogP) is 2.83. The zero-order valence-corrected chi connectivity index (χ0v) is 15.3. The van der Waals surface area contributed by atoms with Crippen LogP contribution in [0.25, 0.3) is 0 Å². The van der Waals surface area contributed by atoms with E-state index in [9.17, 15) is 14.0 Å². The zero-order chi connectivity index (χ0) is 19.4. The lowest BCUT2D eigenvalue weighted by Crippen LogP contribution is -2.30. The van der Waals surface area contributed by atoms with Gasteiger partial charge in [0.15, 0.2) is 0 Å². The summed E-state index contributed by atoms with van der Waals surface area (Å²) < 4.78 is 19.0. The first-order valence-corrected chi connectivity index (χ1v) is 8.70. The third kappa shape index (κ3) is 4.83. The average Bonchev–Trinajstić information content (AvgIpc) is 2.61. The van der Waals surface area contributed by atoms with Crippen molar-refractivity contribution in [1.82, 2.24) is 4.90 Å². The van der Waals surface area contributed by atoms with E-state index in [0.29, 0.717) is 29.3 Å². The van der Waals surface area contributed by atoms with Crippen LogP contribution in [0.4, 0.5) is 15.8 Å². The molecule has 6 nitrogen and oxygen atoms in total. The fraction of sp³-hybridized carbons (Fsp3) is 0.300.